The third kappa shape index (κ3) is 3.24. The number of hydrogen-bond acceptors (Lipinski definition) is 5. The number of aromatic nitrogens is 1. The quantitative estimate of drug-likeness (QED) is 0.818. The van der Waals surface area contributed by atoms with E-state index in [9.17, 15) is 9.59 Å². The van der Waals surface area contributed by atoms with Crippen molar-refractivity contribution in [2.24, 2.45) is 5.92 Å². The molecule has 1 aliphatic carbocycles. The molecule has 7 nitrogen and oxygen atoms in total. The van der Waals surface area contributed by atoms with Crippen LogP contribution in [0.2, 0.25) is 0 Å². The van der Waals surface area contributed by atoms with Crippen molar-refractivity contribution >= 4 is 11.8 Å². The van der Waals surface area contributed by atoms with Crippen molar-refractivity contribution in [1.82, 2.24) is 19.7 Å². The highest BCUT2D eigenvalue weighted by Crippen LogP contribution is 2.35. The number of oxazole rings is 1. The van der Waals surface area contributed by atoms with E-state index >= 15 is 0 Å². The second-order valence-electron chi connectivity index (χ2n) is 8.16. The lowest BCUT2D eigenvalue weighted by atomic mass is 9.86. The van der Waals surface area contributed by atoms with Gasteiger partial charge in [-0.25, -0.2) is 4.98 Å². The zero-order chi connectivity index (χ0) is 18.3. The Morgan fingerprint density at radius 1 is 1.31 bits per heavy atom. The Labute approximate surface area is 154 Å². The number of carbonyl (C=O) groups excluding carboxylic acids is 2. The van der Waals surface area contributed by atoms with Gasteiger partial charge in [0.05, 0.1) is 0 Å². The Morgan fingerprint density at radius 3 is 2.81 bits per heavy atom. The van der Waals surface area contributed by atoms with Crippen molar-refractivity contribution in [2.75, 3.05) is 39.8 Å². The van der Waals surface area contributed by atoms with Gasteiger partial charge >= 0.3 is 0 Å². The summed E-state index contributed by atoms with van der Waals surface area (Å²) in [6.45, 7) is 5.64. The molecule has 0 unspecified atom stereocenters. The Morgan fingerprint density at radius 2 is 2.12 bits per heavy atom. The molecule has 0 radical (unpaired) electrons. The molecule has 0 aromatic carbocycles. The minimum Gasteiger partial charge on any atom is -0.448 e. The summed E-state index contributed by atoms with van der Waals surface area (Å²) in [5, 5.41) is 0. The first kappa shape index (κ1) is 17.5. The summed E-state index contributed by atoms with van der Waals surface area (Å²) in [7, 11) is 2.13. The summed E-state index contributed by atoms with van der Waals surface area (Å²) in [5.74, 6) is 1.49. The zero-order valence-electron chi connectivity index (χ0n) is 15.7. The van der Waals surface area contributed by atoms with E-state index in [0.717, 1.165) is 32.5 Å². The van der Waals surface area contributed by atoms with Gasteiger partial charge in [-0.2, -0.15) is 0 Å². The highest BCUT2D eigenvalue weighted by atomic mass is 16.3. The van der Waals surface area contributed by atoms with Crippen LogP contribution in [-0.2, 0) is 4.79 Å². The van der Waals surface area contributed by atoms with Crippen molar-refractivity contribution in [1.29, 1.82) is 0 Å². The normalized spacial score (nSPS) is 27.8. The highest BCUT2D eigenvalue weighted by molar-refractivity contribution is 5.93. The maximum atomic E-state index is 12.9. The summed E-state index contributed by atoms with van der Waals surface area (Å²) in [6, 6.07) is 0. The Kier molecular flexibility index (Phi) is 4.50. The lowest BCUT2D eigenvalue weighted by molar-refractivity contribution is -0.130. The van der Waals surface area contributed by atoms with Gasteiger partial charge in [-0.1, -0.05) is 0 Å². The first-order valence-corrected chi connectivity index (χ1v) is 9.67. The number of amides is 2. The van der Waals surface area contributed by atoms with Gasteiger partial charge < -0.3 is 14.2 Å². The molecule has 1 spiro atoms. The monoisotopic (exact) mass is 360 g/mol. The van der Waals surface area contributed by atoms with E-state index in [1.54, 1.807) is 6.92 Å². The van der Waals surface area contributed by atoms with E-state index in [4.69, 9.17) is 4.42 Å². The van der Waals surface area contributed by atoms with Gasteiger partial charge in [0, 0.05) is 44.7 Å². The lowest BCUT2D eigenvalue weighted by Gasteiger charge is -2.49. The fourth-order valence-electron chi connectivity index (χ4n) is 4.33. The molecular formula is C19H28N4O3. The molecule has 2 amide bonds. The molecule has 3 aliphatic rings. The van der Waals surface area contributed by atoms with Gasteiger partial charge in [0.1, 0.15) is 5.76 Å². The minimum absolute atomic E-state index is 0.0610. The highest BCUT2D eigenvalue weighted by Gasteiger charge is 2.44. The molecule has 1 saturated carbocycles. The van der Waals surface area contributed by atoms with E-state index in [1.807, 2.05) is 4.90 Å². The van der Waals surface area contributed by atoms with E-state index in [-0.39, 0.29) is 17.4 Å². The van der Waals surface area contributed by atoms with Gasteiger partial charge in [0.15, 0.2) is 12.1 Å². The van der Waals surface area contributed by atoms with Crippen LogP contribution >= 0.6 is 0 Å². The van der Waals surface area contributed by atoms with E-state index in [2.05, 4.69) is 21.8 Å². The third-order valence-electron chi connectivity index (χ3n) is 6.41. The first-order chi connectivity index (χ1) is 12.5. The van der Waals surface area contributed by atoms with Gasteiger partial charge in [0.2, 0.25) is 5.91 Å². The van der Waals surface area contributed by atoms with Crippen molar-refractivity contribution < 1.29 is 14.0 Å². The molecule has 1 aromatic rings. The van der Waals surface area contributed by atoms with Crippen LogP contribution in [0.15, 0.2) is 10.8 Å². The molecule has 2 saturated heterocycles. The average Bonchev–Trinajstić information content (AvgIpc) is 3.38. The smallest absolute Gasteiger partial charge is 0.276 e. The van der Waals surface area contributed by atoms with Crippen molar-refractivity contribution in [3.63, 3.8) is 0 Å². The topological polar surface area (TPSA) is 69.9 Å². The molecular weight excluding hydrogens is 332 g/mol. The zero-order valence-corrected chi connectivity index (χ0v) is 15.7. The number of carbonyl (C=O) groups is 2. The standard InChI is InChI=1S/C19H28N4O3/c1-14-17(20-13-26-14)18(25)23-10-9-21(2)19(12-23)6-5-16(24)22(8-7-19)11-15-3-4-15/h13,15H,3-12H2,1-2H3/t19-/m1/s1. The number of hydrogen-bond donors (Lipinski definition) is 0. The first-order valence-electron chi connectivity index (χ1n) is 9.67. The number of piperazine rings is 1. The van der Waals surface area contributed by atoms with Crippen molar-refractivity contribution in [2.45, 2.75) is 44.6 Å². The van der Waals surface area contributed by atoms with Crippen molar-refractivity contribution in [3.05, 3.63) is 17.8 Å². The second-order valence-corrected chi connectivity index (χ2v) is 8.16. The molecule has 142 valence electrons. The summed E-state index contributed by atoms with van der Waals surface area (Å²) >= 11 is 0. The summed E-state index contributed by atoms with van der Waals surface area (Å²) < 4.78 is 5.21. The number of aryl methyl sites for hydroxylation is 1. The molecule has 0 N–H and O–H groups in total. The number of rotatable bonds is 3. The summed E-state index contributed by atoms with van der Waals surface area (Å²) in [4.78, 5) is 35.9. The number of likely N-dealkylation sites (tertiary alicyclic amines) is 1. The Hall–Kier alpha value is -1.89. The van der Waals surface area contributed by atoms with Crippen LogP contribution in [0.1, 0.15) is 48.4 Å². The van der Waals surface area contributed by atoms with Crippen LogP contribution < -0.4 is 0 Å². The van der Waals surface area contributed by atoms with Gasteiger partial charge in [-0.05, 0) is 45.6 Å². The fourth-order valence-corrected chi connectivity index (χ4v) is 4.33. The van der Waals surface area contributed by atoms with Crippen molar-refractivity contribution in [3.8, 4) is 0 Å². The number of likely N-dealkylation sites (N-methyl/N-ethyl adjacent to an activating group) is 1. The van der Waals surface area contributed by atoms with Crippen LogP contribution in [0.25, 0.3) is 0 Å². The number of nitrogens with zero attached hydrogens (tertiary/aromatic N) is 4. The molecule has 26 heavy (non-hydrogen) atoms. The molecule has 1 aromatic heterocycles. The average molecular weight is 360 g/mol. The second kappa shape index (κ2) is 6.68. The maximum Gasteiger partial charge on any atom is 0.276 e. The Balaban J connectivity index is 1.49. The van der Waals surface area contributed by atoms with Gasteiger partial charge in [-0.15, -0.1) is 0 Å². The molecule has 4 rings (SSSR count). The molecule has 3 heterocycles. The predicted molar refractivity (Wildman–Crippen MR) is 95.7 cm³/mol. The van der Waals surface area contributed by atoms with Gasteiger partial charge in [0.25, 0.3) is 5.91 Å². The molecule has 0 bridgehead atoms. The van der Waals surface area contributed by atoms with Crippen LogP contribution in [0.5, 0.6) is 0 Å². The summed E-state index contributed by atoms with van der Waals surface area (Å²) in [6.07, 6.45) is 6.15. The summed E-state index contributed by atoms with van der Waals surface area (Å²) in [5.41, 5.74) is 0.282. The maximum absolute atomic E-state index is 12.9. The van der Waals surface area contributed by atoms with Crippen LogP contribution in [0, 0.1) is 12.8 Å². The molecule has 1 atom stereocenters. The van der Waals surface area contributed by atoms with E-state index < -0.39 is 0 Å². The third-order valence-corrected chi connectivity index (χ3v) is 6.41. The van der Waals surface area contributed by atoms with Crippen LogP contribution in [-0.4, -0.2) is 76.8 Å². The molecule has 2 aliphatic heterocycles. The van der Waals surface area contributed by atoms with Crippen LogP contribution in [0.4, 0.5) is 0 Å². The fraction of sp³-hybridized carbons (Fsp3) is 0.737. The lowest BCUT2D eigenvalue weighted by Crippen LogP contribution is -2.62. The largest absolute Gasteiger partial charge is 0.448 e. The predicted octanol–water partition coefficient (Wildman–Crippen LogP) is 1.53. The SMILES string of the molecule is Cc1ocnc1C(=O)N1CCN(C)[C@@]2(CCC(=O)N(CC3CC3)CC2)C1. The van der Waals surface area contributed by atoms with E-state index in [0.29, 0.717) is 36.9 Å². The Bertz CT molecular complexity index is 699. The molecule has 3 fully saturated rings. The van der Waals surface area contributed by atoms with Gasteiger partial charge in [-0.3, -0.25) is 14.5 Å². The molecule has 7 heteroatoms. The van der Waals surface area contributed by atoms with E-state index in [1.165, 1.54) is 19.2 Å². The van der Waals surface area contributed by atoms with Crippen LogP contribution in [0.3, 0.4) is 0 Å². The minimum atomic E-state index is -0.125.